The first kappa shape index (κ1) is 14.3. The molecule has 0 atom stereocenters. The average molecular weight is 387 g/mol. The van der Waals surface area contributed by atoms with Crippen LogP contribution >= 0.6 is 22.6 Å². The van der Waals surface area contributed by atoms with E-state index in [4.69, 9.17) is 5.73 Å². The number of nitrogens with two attached hydrogens (primary N) is 1. The van der Waals surface area contributed by atoms with Gasteiger partial charge in [-0.3, -0.25) is 0 Å². The Kier molecular flexibility index (Phi) is 4.15. The molecule has 0 radical (unpaired) electrons. The van der Waals surface area contributed by atoms with Gasteiger partial charge in [0.2, 0.25) is 0 Å². The first-order valence-corrected chi connectivity index (χ1v) is 8.45. The van der Waals surface area contributed by atoms with Gasteiger partial charge in [-0.2, -0.15) is 0 Å². The zero-order valence-corrected chi connectivity index (χ0v) is 13.4. The highest BCUT2D eigenvalue weighted by molar-refractivity contribution is 14.1. The summed E-state index contributed by atoms with van der Waals surface area (Å²) in [6.07, 6.45) is 0. The third kappa shape index (κ3) is 3.27. The summed E-state index contributed by atoms with van der Waals surface area (Å²) in [7, 11) is -3.36. The van der Waals surface area contributed by atoms with Crippen LogP contribution in [-0.4, -0.2) is 8.42 Å². The number of rotatable bonds is 3. The first-order chi connectivity index (χ1) is 8.90. The van der Waals surface area contributed by atoms with Crippen molar-refractivity contribution in [3.63, 3.8) is 0 Å². The third-order valence-corrected chi connectivity index (χ3v) is 5.48. The van der Waals surface area contributed by atoms with Crippen molar-refractivity contribution in [2.45, 2.75) is 17.6 Å². The Bertz CT molecular complexity index is 694. The van der Waals surface area contributed by atoms with E-state index in [1.807, 2.05) is 24.3 Å². The van der Waals surface area contributed by atoms with Crippen molar-refractivity contribution >= 4 is 38.1 Å². The minimum absolute atomic E-state index is 0.00574. The number of halogens is 1. The quantitative estimate of drug-likeness (QED) is 0.650. The van der Waals surface area contributed by atoms with E-state index in [-0.39, 0.29) is 5.75 Å². The van der Waals surface area contributed by atoms with Gasteiger partial charge in [0.25, 0.3) is 0 Å². The Morgan fingerprint density at radius 3 is 2.37 bits per heavy atom. The molecule has 0 saturated heterocycles. The molecule has 3 nitrogen and oxygen atoms in total. The molecule has 5 heteroatoms. The van der Waals surface area contributed by atoms with Crippen LogP contribution in [0.1, 0.15) is 11.1 Å². The number of hydrogen-bond donors (Lipinski definition) is 1. The Labute approximate surface area is 126 Å². The van der Waals surface area contributed by atoms with Crippen molar-refractivity contribution in [2.75, 3.05) is 5.73 Å². The summed E-state index contributed by atoms with van der Waals surface area (Å²) in [5, 5.41) is 0. The molecule has 0 unspecified atom stereocenters. The van der Waals surface area contributed by atoms with Gasteiger partial charge in [0.15, 0.2) is 9.84 Å². The molecule has 0 amide bonds. The van der Waals surface area contributed by atoms with Gasteiger partial charge in [0, 0.05) is 9.26 Å². The van der Waals surface area contributed by atoms with Gasteiger partial charge in [0.1, 0.15) is 0 Å². The number of benzene rings is 2. The molecule has 0 spiro atoms. The molecule has 2 N–H and O–H groups in total. The summed E-state index contributed by atoms with van der Waals surface area (Å²) in [4.78, 5) is 0.311. The van der Waals surface area contributed by atoms with E-state index in [9.17, 15) is 8.42 Å². The lowest BCUT2D eigenvalue weighted by Crippen LogP contribution is -2.08. The highest BCUT2D eigenvalue weighted by Gasteiger charge is 2.18. The molecular formula is C14H14INO2S. The normalized spacial score (nSPS) is 11.5. The first-order valence-electron chi connectivity index (χ1n) is 5.72. The number of anilines is 1. The third-order valence-electron chi connectivity index (χ3n) is 2.93. The van der Waals surface area contributed by atoms with E-state index in [1.54, 1.807) is 25.1 Å². The second kappa shape index (κ2) is 5.50. The second-order valence-electron chi connectivity index (χ2n) is 4.36. The van der Waals surface area contributed by atoms with Gasteiger partial charge >= 0.3 is 0 Å². The monoisotopic (exact) mass is 387 g/mol. The van der Waals surface area contributed by atoms with Crippen LogP contribution in [0.25, 0.3) is 0 Å². The van der Waals surface area contributed by atoms with Crippen LogP contribution in [0.5, 0.6) is 0 Å². The maximum Gasteiger partial charge on any atom is 0.182 e. The lowest BCUT2D eigenvalue weighted by atomic mass is 10.2. The van der Waals surface area contributed by atoms with Crippen LogP contribution in [0, 0.1) is 10.5 Å². The number of nitrogen functional groups attached to an aromatic ring is 1. The van der Waals surface area contributed by atoms with Crippen molar-refractivity contribution in [3.05, 3.63) is 57.2 Å². The Morgan fingerprint density at radius 2 is 1.74 bits per heavy atom. The van der Waals surface area contributed by atoms with Crippen LogP contribution < -0.4 is 5.73 Å². The van der Waals surface area contributed by atoms with Crippen molar-refractivity contribution in [1.82, 2.24) is 0 Å². The van der Waals surface area contributed by atoms with E-state index in [2.05, 4.69) is 22.6 Å². The minimum Gasteiger partial charge on any atom is -0.398 e. The summed E-state index contributed by atoms with van der Waals surface area (Å²) in [6.45, 7) is 1.73. The van der Waals surface area contributed by atoms with E-state index < -0.39 is 9.84 Å². The highest BCUT2D eigenvalue weighted by atomic mass is 127. The van der Waals surface area contributed by atoms with Gasteiger partial charge in [-0.1, -0.05) is 18.2 Å². The lowest BCUT2D eigenvalue weighted by molar-refractivity contribution is 0.594. The summed E-state index contributed by atoms with van der Waals surface area (Å²) in [6, 6.07) is 12.5. The summed E-state index contributed by atoms with van der Waals surface area (Å²) >= 11 is 2.19. The standard InChI is InChI=1S/C14H14INO2S/c1-10-13(16)3-2-4-14(10)19(17,18)9-11-5-7-12(15)8-6-11/h2-8H,9,16H2,1H3. The summed E-state index contributed by atoms with van der Waals surface area (Å²) in [5.74, 6) is -0.00574. The SMILES string of the molecule is Cc1c(N)cccc1S(=O)(=O)Cc1ccc(I)cc1. The Hall–Kier alpha value is -1.08. The fourth-order valence-electron chi connectivity index (χ4n) is 1.85. The fourth-order valence-corrected chi connectivity index (χ4v) is 3.86. The molecule has 0 aliphatic rings. The molecular weight excluding hydrogens is 373 g/mol. The van der Waals surface area contributed by atoms with E-state index >= 15 is 0 Å². The molecule has 100 valence electrons. The Balaban J connectivity index is 2.38. The largest absolute Gasteiger partial charge is 0.398 e. The highest BCUT2D eigenvalue weighted by Crippen LogP contribution is 2.24. The molecule has 2 aromatic carbocycles. The lowest BCUT2D eigenvalue weighted by Gasteiger charge is -2.09. The van der Waals surface area contributed by atoms with Crippen molar-refractivity contribution in [3.8, 4) is 0 Å². The maximum absolute atomic E-state index is 12.4. The molecule has 0 heterocycles. The predicted molar refractivity (Wildman–Crippen MR) is 85.6 cm³/mol. The molecule has 0 saturated carbocycles. The average Bonchev–Trinajstić information content (AvgIpc) is 2.35. The van der Waals surface area contributed by atoms with Gasteiger partial charge in [-0.05, 0) is 64.9 Å². The van der Waals surface area contributed by atoms with Gasteiger partial charge in [-0.25, -0.2) is 8.42 Å². The molecule has 19 heavy (non-hydrogen) atoms. The van der Waals surface area contributed by atoms with Crippen molar-refractivity contribution < 1.29 is 8.42 Å². The summed E-state index contributed by atoms with van der Waals surface area (Å²) in [5.41, 5.74) is 7.67. The van der Waals surface area contributed by atoms with Gasteiger partial charge in [-0.15, -0.1) is 0 Å². The predicted octanol–water partition coefficient (Wildman–Crippen LogP) is 3.16. The Morgan fingerprint density at radius 1 is 1.11 bits per heavy atom. The van der Waals surface area contributed by atoms with E-state index in [0.717, 1.165) is 9.13 Å². The topological polar surface area (TPSA) is 60.2 Å². The van der Waals surface area contributed by atoms with E-state index in [1.165, 1.54) is 0 Å². The molecule has 0 aliphatic carbocycles. The minimum atomic E-state index is -3.36. The molecule has 0 fully saturated rings. The molecule has 2 rings (SSSR count). The zero-order valence-electron chi connectivity index (χ0n) is 10.4. The summed E-state index contributed by atoms with van der Waals surface area (Å²) < 4.78 is 25.9. The number of sulfone groups is 1. The van der Waals surface area contributed by atoms with Gasteiger partial charge < -0.3 is 5.73 Å². The van der Waals surface area contributed by atoms with Crippen LogP contribution in [0.4, 0.5) is 5.69 Å². The van der Waals surface area contributed by atoms with Crippen LogP contribution in [0.3, 0.4) is 0 Å². The fraction of sp³-hybridized carbons (Fsp3) is 0.143. The van der Waals surface area contributed by atoms with Crippen molar-refractivity contribution in [2.24, 2.45) is 0 Å². The van der Waals surface area contributed by atoms with Crippen LogP contribution in [0.2, 0.25) is 0 Å². The molecule has 0 aromatic heterocycles. The van der Waals surface area contributed by atoms with Crippen LogP contribution in [0.15, 0.2) is 47.4 Å². The molecule has 2 aromatic rings. The molecule has 0 bridgehead atoms. The van der Waals surface area contributed by atoms with E-state index in [0.29, 0.717) is 16.1 Å². The maximum atomic E-state index is 12.4. The second-order valence-corrected chi connectivity index (χ2v) is 7.56. The zero-order chi connectivity index (χ0) is 14.0. The van der Waals surface area contributed by atoms with Gasteiger partial charge in [0.05, 0.1) is 10.6 Å². The molecule has 0 aliphatic heterocycles. The number of hydrogen-bond acceptors (Lipinski definition) is 3. The van der Waals surface area contributed by atoms with Crippen LogP contribution in [-0.2, 0) is 15.6 Å². The smallest absolute Gasteiger partial charge is 0.182 e. The van der Waals surface area contributed by atoms with Crippen molar-refractivity contribution in [1.29, 1.82) is 0 Å².